The van der Waals surface area contributed by atoms with Crippen molar-refractivity contribution in [3.8, 4) is 0 Å². The minimum absolute atomic E-state index is 0.489. The van der Waals surface area contributed by atoms with Gasteiger partial charge in [0.1, 0.15) is 4.60 Å². The molecule has 0 fully saturated rings. The van der Waals surface area contributed by atoms with E-state index in [2.05, 4.69) is 47.2 Å². The molecule has 0 saturated heterocycles. The summed E-state index contributed by atoms with van der Waals surface area (Å²) in [5, 5.41) is 8.54. The fourth-order valence-corrected chi connectivity index (χ4v) is 1.89. The summed E-state index contributed by atoms with van der Waals surface area (Å²) < 4.78 is 14.9. The summed E-state index contributed by atoms with van der Waals surface area (Å²) in [6, 6.07) is 2.99. The Hall–Kier alpha value is -0.820. The summed E-state index contributed by atoms with van der Waals surface area (Å²) in [5.74, 6) is -0.504. The lowest BCUT2D eigenvalue weighted by atomic mass is 10.3. The summed E-state index contributed by atoms with van der Waals surface area (Å²) in [6.45, 7) is 0.508. The second-order valence-corrected chi connectivity index (χ2v) is 4.44. The van der Waals surface area contributed by atoms with Gasteiger partial charge in [0.2, 0.25) is 5.95 Å². The maximum atomic E-state index is 12.8. The third kappa shape index (κ3) is 2.65. The van der Waals surface area contributed by atoms with Crippen molar-refractivity contribution >= 4 is 31.9 Å². The number of hydrogen-bond donors (Lipinski definition) is 0. The summed E-state index contributed by atoms with van der Waals surface area (Å²) in [6.07, 6.45) is 1.82. The molecule has 16 heavy (non-hydrogen) atoms. The minimum Gasteiger partial charge on any atom is -0.248 e. The summed E-state index contributed by atoms with van der Waals surface area (Å²) >= 11 is 6.50. The fourth-order valence-electron chi connectivity index (χ4n) is 1.21. The zero-order valence-corrected chi connectivity index (χ0v) is 11.2. The van der Waals surface area contributed by atoms with Gasteiger partial charge in [-0.3, -0.25) is 0 Å². The Morgan fingerprint density at radius 3 is 2.81 bits per heavy atom. The number of hydrogen-bond acceptors (Lipinski definition) is 3. The van der Waals surface area contributed by atoms with Crippen molar-refractivity contribution in [2.75, 3.05) is 0 Å². The molecule has 84 valence electrons. The molecule has 0 aromatic carbocycles. The Bertz CT molecular complexity index is 500. The van der Waals surface area contributed by atoms with Crippen LogP contribution in [0.25, 0.3) is 0 Å². The van der Waals surface area contributed by atoms with Crippen molar-refractivity contribution in [3.63, 3.8) is 0 Å². The van der Waals surface area contributed by atoms with Crippen LogP contribution in [0, 0.1) is 5.95 Å². The molecule has 2 heterocycles. The summed E-state index contributed by atoms with van der Waals surface area (Å²) in [4.78, 5) is 3.68. The number of nitrogens with zero attached hydrogens (tertiary/aromatic N) is 4. The normalized spacial score (nSPS) is 10.7. The molecule has 2 aromatic rings. The van der Waals surface area contributed by atoms with E-state index in [0.717, 1.165) is 11.3 Å². The number of pyridine rings is 1. The monoisotopic (exact) mass is 348 g/mol. The second-order valence-electron chi connectivity index (χ2n) is 3.12. The van der Waals surface area contributed by atoms with Gasteiger partial charge in [-0.1, -0.05) is 21.1 Å². The molecular weight excluding hydrogens is 343 g/mol. The van der Waals surface area contributed by atoms with Crippen LogP contribution in [0.1, 0.15) is 11.3 Å². The molecule has 0 atom stereocenters. The zero-order chi connectivity index (χ0) is 11.5. The molecule has 2 rings (SSSR count). The molecular formula is C9H7Br2FN4. The van der Waals surface area contributed by atoms with Gasteiger partial charge in [0.05, 0.1) is 12.2 Å². The first-order valence-corrected chi connectivity index (χ1v) is 6.36. The lowest BCUT2D eigenvalue weighted by Crippen LogP contribution is -2.02. The van der Waals surface area contributed by atoms with E-state index < -0.39 is 5.95 Å². The Labute approximate surface area is 108 Å². The van der Waals surface area contributed by atoms with Crippen LogP contribution >= 0.6 is 31.9 Å². The molecule has 2 aromatic heterocycles. The Kier molecular flexibility index (Phi) is 3.65. The van der Waals surface area contributed by atoms with E-state index in [1.165, 1.54) is 6.07 Å². The molecule has 0 N–H and O–H groups in total. The lowest BCUT2D eigenvalue weighted by Gasteiger charge is -2.02. The molecule has 4 nitrogen and oxygen atoms in total. The number of rotatable bonds is 3. The smallest absolute Gasteiger partial charge is 0.213 e. The van der Waals surface area contributed by atoms with Crippen LogP contribution in [0.15, 0.2) is 22.9 Å². The van der Waals surface area contributed by atoms with Gasteiger partial charge in [-0.05, 0) is 28.1 Å². The average Bonchev–Trinajstić information content (AvgIpc) is 2.70. The molecule has 0 aliphatic heterocycles. The minimum atomic E-state index is -0.504. The summed E-state index contributed by atoms with van der Waals surface area (Å²) in [5.41, 5.74) is 1.71. The average molecular weight is 350 g/mol. The highest BCUT2D eigenvalue weighted by Crippen LogP contribution is 2.15. The van der Waals surface area contributed by atoms with E-state index >= 15 is 0 Å². The lowest BCUT2D eigenvalue weighted by molar-refractivity contribution is 0.574. The van der Waals surface area contributed by atoms with Crippen LogP contribution in [0.4, 0.5) is 4.39 Å². The first kappa shape index (κ1) is 11.7. The maximum Gasteiger partial charge on any atom is 0.213 e. The van der Waals surface area contributed by atoms with Gasteiger partial charge < -0.3 is 0 Å². The molecule has 0 aliphatic rings. The van der Waals surface area contributed by atoms with Crippen LogP contribution in [-0.2, 0) is 11.9 Å². The summed E-state index contributed by atoms with van der Waals surface area (Å²) in [7, 11) is 0. The van der Waals surface area contributed by atoms with E-state index in [0.29, 0.717) is 16.5 Å². The molecule has 0 aliphatic carbocycles. The van der Waals surface area contributed by atoms with Crippen molar-refractivity contribution in [1.82, 2.24) is 20.0 Å². The van der Waals surface area contributed by atoms with Gasteiger partial charge in [-0.2, -0.15) is 4.39 Å². The topological polar surface area (TPSA) is 43.6 Å². The second kappa shape index (κ2) is 5.01. The molecule has 0 radical (unpaired) electrons. The third-order valence-corrected chi connectivity index (χ3v) is 3.21. The predicted molar refractivity (Wildman–Crippen MR) is 63.7 cm³/mol. The van der Waals surface area contributed by atoms with E-state index in [1.54, 1.807) is 10.7 Å². The number of halogens is 3. The molecule has 0 saturated carbocycles. The highest BCUT2D eigenvalue weighted by atomic mass is 79.9. The molecule has 7 heteroatoms. The first-order valence-electron chi connectivity index (χ1n) is 4.45. The van der Waals surface area contributed by atoms with Crippen LogP contribution in [0.3, 0.4) is 0 Å². The SMILES string of the molecule is Fc1ccc(Cn2cc(CBr)nn2)c(Br)n1. The fraction of sp³-hybridized carbons (Fsp3) is 0.222. The third-order valence-electron chi connectivity index (χ3n) is 1.95. The highest BCUT2D eigenvalue weighted by Gasteiger charge is 2.05. The van der Waals surface area contributed by atoms with E-state index in [-0.39, 0.29) is 0 Å². The van der Waals surface area contributed by atoms with Gasteiger partial charge >= 0.3 is 0 Å². The zero-order valence-electron chi connectivity index (χ0n) is 8.07. The van der Waals surface area contributed by atoms with Gasteiger partial charge in [0.25, 0.3) is 0 Å². The van der Waals surface area contributed by atoms with Gasteiger partial charge in [-0.15, -0.1) is 5.10 Å². The standard InChI is InChI=1S/C9H7Br2FN4/c10-3-7-5-16(15-14-7)4-6-1-2-8(12)13-9(6)11/h1-2,5H,3-4H2. The van der Waals surface area contributed by atoms with E-state index in [1.807, 2.05) is 6.20 Å². The van der Waals surface area contributed by atoms with Gasteiger partial charge in [0, 0.05) is 17.1 Å². The van der Waals surface area contributed by atoms with E-state index in [9.17, 15) is 4.39 Å². The Morgan fingerprint density at radius 1 is 1.38 bits per heavy atom. The molecule has 0 unspecified atom stereocenters. The van der Waals surface area contributed by atoms with Gasteiger partial charge in [0.15, 0.2) is 0 Å². The molecule has 0 spiro atoms. The first-order chi connectivity index (χ1) is 7.69. The van der Waals surface area contributed by atoms with Crippen LogP contribution in [-0.4, -0.2) is 20.0 Å². The van der Waals surface area contributed by atoms with Crippen LogP contribution in [0.2, 0.25) is 0 Å². The van der Waals surface area contributed by atoms with Crippen LogP contribution < -0.4 is 0 Å². The van der Waals surface area contributed by atoms with Crippen molar-refractivity contribution in [1.29, 1.82) is 0 Å². The number of alkyl halides is 1. The van der Waals surface area contributed by atoms with Crippen LogP contribution in [0.5, 0.6) is 0 Å². The highest BCUT2D eigenvalue weighted by molar-refractivity contribution is 9.10. The number of aromatic nitrogens is 4. The van der Waals surface area contributed by atoms with Crippen molar-refractivity contribution < 1.29 is 4.39 Å². The Balaban J connectivity index is 2.20. The van der Waals surface area contributed by atoms with Crippen molar-refractivity contribution in [2.24, 2.45) is 0 Å². The van der Waals surface area contributed by atoms with Crippen molar-refractivity contribution in [3.05, 3.63) is 40.1 Å². The maximum absolute atomic E-state index is 12.8. The molecule has 0 amide bonds. The molecule has 0 bridgehead atoms. The van der Waals surface area contributed by atoms with E-state index in [4.69, 9.17) is 0 Å². The quantitative estimate of drug-likeness (QED) is 0.631. The van der Waals surface area contributed by atoms with Gasteiger partial charge in [-0.25, -0.2) is 9.67 Å². The predicted octanol–water partition coefficient (Wildman–Crippen LogP) is 2.52. The Morgan fingerprint density at radius 2 is 2.19 bits per heavy atom. The van der Waals surface area contributed by atoms with Crippen molar-refractivity contribution in [2.45, 2.75) is 11.9 Å². The largest absolute Gasteiger partial charge is 0.248 e.